The number of amides is 1. The largest absolute Gasteiger partial charge is 0.456 e. The van der Waals surface area contributed by atoms with E-state index in [9.17, 15) is 29.6 Å². The van der Waals surface area contributed by atoms with Gasteiger partial charge in [0.15, 0.2) is 5.78 Å². The van der Waals surface area contributed by atoms with Crippen LogP contribution in [0.25, 0.3) is 10.4 Å². The van der Waals surface area contributed by atoms with E-state index in [0.29, 0.717) is 26.5 Å². The number of non-ortho nitro benzene ring substituents is 1. The molecule has 0 bridgehead atoms. The minimum Gasteiger partial charge on any atom is -0.456 e. The molecule has 186 valence electrons. The quantitative estimate of drug-likeness (QED) is 0.168. The Labute approximate surface area is 208 Å². The molecular weight excluding hydrogens is 488 g/mol. The lowest BCUT2D eigenvalue weighted by Crippen LogP contribution is -2.63. The van der Waals surface area contributed by atoms with Gasteiger partial charge in [-0.25, -0.2) is 9.78 Å². The van der Waals surface area contributed by atoms with Crippen LogP contribution < -0.4 is 0 Å². The lowest BCUT2D eigenvalue weighted by Gasteiger charge is -2.46. The summed E-state index contributed by atoms with van der Waals surface area (Å²) >= 11 is 1.29. The number of nitrogens with zero attached hydrogens (tertiary/aromatic N) is 4. The van der Waals surface area contributed by atoms with E-state index in [0.717, 1.165) is 0 Å². The number of thiazole rings is 1. The average Bonchev–Trinajstić information content (AvgIpc) is 3.47. The zero-order valence-corrected chi connectivity index (χ0v) is 20.4. The summed E-state index contributed by atoms with van der Waals surface area (Å²) in [6.07, 6.45) is 2.41. The fourth-order valence-corrected chi connectivity index (χ4v) is 6.25. The first-order valence-corrected chi connectivity index (χ1v) is 12.0. The van der Waals surface area contributed by atoms with Gasteiger partial charge in [0, 0.05) is 36.7 Å². The monoisotopic (exact) mass is 510 g/mol. The van der Waals surface area contributed by atoms with E-state index in [1.54, 1.807) is 17.5 Å². The van der Waals surface area contributed by atoms with E-state index in [1.165, 1.54) is 53.8 Å². The molecule has 0 saturated carbocycles. The number of esters is 1. The summed E-state index contributed by atoms with van der Waals surface area (Å²) in [6.45, 7) is 4.74. The number of ketones is 1. The molecule has 0 aliphatic carbocycles. The van der Waals surface area contributed by atoms with E-state index >= 15 is 0 Å². The number of ether oxygens (including phenoxy) is 1. The highest BCUT2D eigenvalue weighted by atomic mass is 32.1. The molecule has 0 unspecified atom stereocenters. The Kier molecular flexibility index (Phi) is 5.72. The molecule has 4 heterocycles. The molecular formula is C24H22N4O7S. The van der Waals surface area contributed by atoms with Crippen molar-refractivity contribution in [2.24, 2.45) is 11.8 Å². The first-order chi connectivity index (χ1) is 17.1. The highest BCUT2D eigenvalue weighted by molar-refractivity contribution is 7.18. The molecule has 0 spiro atoms. The summed E-state index contributed by atoms with van der Waals surface area (Å²) < 4.78 is 7.24. The number of hydrogen-bond donors (Lipinski definition) is 1. The molecule has 1 amide bonds. The van der Waals surface area contributed by atoms with Crippen LogP contribution in [0.2, 0.25) is 0 Å². The Hall–Kier alpha value is -3.90. The maximum absolute atomic E-state index is 13.4. The van der Waals surface area contributed by atoms with E-state index in [1.807, 2.05) is 6.92 Å². The number of β-lactam (4-membered cyclic amide) rings is 1. The minimum atomic E-state index is -0.884. The Bertz CT molecular complexity index is 1450. The molecule has 1 N–H and O–H groups in total. The van der Waals surface area contributed by atoms with Gasteiger partial charge >= 0.3 is 5.97 Å². The molecule has 3 aromatic rings. The van der Waals surface area contributed by atoms with Crippen molar-refractivity contribution in [3.63, 3.8) is 0 Å². The molecule has 1 saturated heterocycles. The second-order valence-electron chi connectivity index (χ2n) is 8.97. The Balaban J connectivity index is 1.51. The topological polar surface area (TPSA) is 144 Å². The van der Waals surface area contributed by atoms with Crippen LogP contribution in [0.5, 0.6) is 0 Å². The van der Waals surface area contributed by atoms with Gasteiger partial charge in [0.1, 0.15) is 29.2 Å². The second-order valence-corrected chi connectivity index (χ2v) is 10.0. The van der Waals surface area contributed by atoms with Gasteiger partial charge in [-0.05, 0) is 24.6 Å². The summed E-state index contributed by atoms with van der Waals surface area (Å²) in [5.74, 6) is -2.17. The first-order valence-electron chi connectivity index (χ1n) is 11.2. The van der Waals surface area contributed by atoms with E-state index in [4.69, 9.17) is 4.74 Å². The van der Waals surface area contributed by atoms with Crippen molar-refractivity contribution in [3.05, 3.63) is 68.7 Å². The van der Waals surface area contributed by atoms with Gasteiger partial charge in [-0.3, -0.25) is 24.1 Å². The van der Waals surface area contributed by atoms with Crippen molar-refractivity contribution < 1.29 is 29.2 Å². The number of nitro groups is 1. The average molecular weight is 511 g/mol. The fourth-order valence-electron chi connectivity index (χ4n) is 4.98. The highest BCUT2D eigenvalue weighted by Crippen LogP contribution is 2.51. The normalized spacial score (nSPS) is 21.9. The summed E-state index contributed by atoms with van der Waals surface area (Å²) in [6, 6.07) is 5.24. The van der Waals surface area contributed by atoms with Gasteiger partial charge in [-0.1, -0.05) is 6.92 Å². The number of rotatable bonds is 7. The Morgan fingerprint density at radius 3 is 2.61 bits per heavy atom. The third-order valence-corrected chi connectivity index (χ3v) is 7.84. The number of aliphatic hydroxyl groups excluding tert-OH is 1. The second kappa shape index (κ2) is 8.64. The van der Waals surface area contributed by atoms with Crippen LogP contribution >= 0.6 is 11.3 Å². The predicted octanol–water partition coefficient (Wildman–Crippen LogP) is 2.82. The number of hydrogen-bond acceptors (Lipinski definition) is 9. The van der Waals surface area contributed by atoms with Crippen LogP contribution in [-0.2, 0) is 20.9 Å². The standard InChI is InChI=1S/C24H22N4O7S/c1-11-17(16-8-26-10-25-19(13(3)30)23(26)36-16)21(27-20(11)18(12(2)29)22(27)31)24(32)35-9-14-4-6-15(7-5-14)28(33)34/h4-8,10-12,18,20,29H,9H2,1-3H3/t11-,12+,18+,20+/m0/s1. The van der Waals surface area contributed by atoms with Crippen molar-refractivity contribution in [1.82, 2.24) is 14.3 Å². The van der Waals surface area contributed by atoms with Crippen LogP contribution in [0.15, 0.2) is 42.5 Å². The number of nitro benzene ring substituents is 1. The molecule has 4 atom stereocenters. The predicted molar refractivity (Wildman–Crippen MR) is 128 cm³/mol. The van der Waals surface area contributed by atoms with Crippen molar-refractivity contribution in [3.8, 4) is 0 Å². The van der Waals surface area contributed by atoms with Gasteiger partial charge < -0.3 is 14.7 Å². The van der Waals surface area contributed by atoms with E-state index < -0.39 is 29.0 Å². The summed E-state index contributed by atoms with van der Waals surface area (Å²) in [5, 5.41) is 21.1. The first kappa shape index (κ1) is 23.8. The molecule has 2 aliphatic heterocycles. The van der Waals surface area contributed by atoms with Crippen LogP contribution in [-0.4, -0.2) is 54.1 Å². The highest BCUT2D eigenvalue weighted by Gasteiger charge is 2.60. The van der Waals surface area contributed by atoms with Crippen molar-refractivity contribution in [2.75, 3.05) is 0 Å². The van der Waals surface area contributed by atoms with Crippen molar-refractivity contribution >= 4 is 45.1 Å². The molecule has 11 nitrogen and oxygen atoms in total. The zero-order valence-electron chi connectivity index (χ0n) is 19.6. The summed E-state index contributed by atoms with van der Waals surface area (Å²) in [7, 11) is 0. The number of imidazole rings is 1. The van der Waals surface area contributed by atoms with E-state index in [2.05, 4.69) is 4.98 Å². The Morgan fingerprint density at radius 2 is 2.00 bits per heavy atom. The third kappa shape index (κ3) is 3.60. The third-order valence-electron chi connectivity index (χ3n) is 6.69. The maximum Gasteiger partial charge on any atom is 0.355 e. The molecule has 1 aromatic carbocycles. The smallest absolute Gasteiger partial charge is 0.355 e. The van der Waals surface area contributed by atoms with E-state index in [-0.39, 0.29) is 35.6 Å². The summed E-state index contributed by atoms with van der Waals surface area (Å²) in [5.41, 5.74) is 1.51. The number of aromatic nitrogens is 2. The van der Waals surface area contributed by atoms with Crippen molar-refractivity contribution in [2.45, 2.75) is 39.5 Å². The molecule has 1 fully saturated rings. The lowest BCUT2D eigenvalue weighted by molar-refractivity contribution is -0.384. The maximum atomic E-state index is 13.4. The number of fused-ring (bicyclic) bond motifs is 2. The molecule has 12 heteroatoms. The molecule has 36 heavy (non-hydrogen) atoms. The molecule has 5 rings (SSSR count). The van der Waals surface area contributed by atoms with Crippen LogP contribution in [0.4, 0.5) is 5.69 Å². The van der Waals surface area contributed by atoms with Crippen LogP contribution in [0, 0.1) is 22.0 Å². The van der Waals surface area contributed by atoms with Gasteiger partial charge in [0.2, 0.25) is 5.91 Å². The number of benzene rings is 1. The number of carbonyl (C=O) groups is 3. The number of Topliss-reactive ketones (excluding diaryl/α,β-unsaturated/α-hetero) is 1. The Morgan fingerprint density at radius 1 is 1.31 bits per heavy atom. The molecule has 2 aromatic heterocycles. The summed E-state index contributed by atoms with van der Waals surface area (Å²) in [4.78, 5) is 55.5. The van der Waals surface area contributed by atoms with Crippen LogP contribution in [0.1, 0.15) is 41.7 Å². The van der Waals surface area contributed by atoms with Gasteiger partial charge in [-0.15, -0.1) is 11.3 Å². The van der Waals surface area contributed by atoms with Crippen LogP contribution in [0.3, 0.4) is 0 Å². The zero-order chi connectivity index (χ0) is 25.9. The van der Waals surface area contributed by atoms with Gasteiger partial charge in [0.05, 0.1) is 27.9 Å². The van der Waals surface area contributed by atoms with Crippen molar-refractivity contribution in [1.29, 1.82) is 0 Å². The van der Waals surface area contributed by atoms with Gasteiger partial charge in [0.25, 0.3) is 5.69 Å². The molecule has 2 aliphatic rings. The number of aliphatic hydroxyl groups is 1. The van der Waals surface area contributed by atoms with Gasteiger partial charge in [-0.2, -0.15) is 0 Å². The number of carbonyl (C=O) groups excluding carboxylic acids is 3. The fraction of sp³-hybridized carbons (Fsp3) is 0.333. The minimum absolute atomic E-state index is 0.0774. The SMILES string of the molecule is CC(=O)c1ncn2cc(C3=C(C(=O)OCc4ccc([N+](=O)[O-])cc4)N4C(=O)[C@H]([C@@H](C)O)[C@H]4[C@H]3C)sc12. The molecule has 0 radical (unpaired) electrons. The lowest BCUT2D eigenvalue weighted by atomic mass is 9.77.